The molecule has 0 bridgehead atoms. The molecule has 0 saturated carbocycles. The van der Waals surface area contributed by atoms with Crippen LogP contribution in [-0.2, 0) is 4.79 Å². The van der Waals surface area contributed by atoms with E-state index in [2.05, 4.69) is 29.6 Å². The van der Waals surface area contributed by atoms with Crippen LogP contribution in [0.2, 0.25) is 10.0 Å². The summed E-state index contributed by atoms with van der Waals surface area (Å²) in [6.07, 6.45) is 1.90. The van der Waals surface area contributed by atoms with Gasteiger partial charge in [-0.15, -0.1) is 0 Å². The number of carbonyl (C=O) groups excluding carboxylic acids is 2. The summed E-state index contributed by atoms with van der Waals surface area (Å²) >= 11 is 11.9. The molecular formula is C20H20Cl2N2O2. The summed E-state index contributed by atoms with van der Waals surface area (Å²) in [5, 5.41) is 3.38. The normalized spacial score (nSPS) is 16.6. The van der Waals surface area contributed by atoms with Crippen LogP contribution in [0.4, 0.5) is 0 Å². The van der Waals surface area contributed by atoms with E-state index in [9.17, 15) is 9.59 Å². The minimum atomic E-state index is -0.383. The molecule has 0 aliphatic carbocycles. The molecule has 1 heterocycles. The summed E-state index contributed by atoms with van der Waals surface area (Å²) in [7, 11) is 0. The molecule has 0 radical (unpaired) electrons. The van der Waals surface area contributed by atoms with Crippen molar-refractivity contribution >= 4 is 35.0 Å². The fourth-order valence-electron chi connectivity index (χ4n) is 3.23. The van der Waals surface area contributed by atoms with Gasteiger partial charge in [-0.25, -0.2) is 0 Å². The molecule has 136 valence electrons. The second-order valence-corrected chi connectivity index (χ2v) is 7.31. The predicted molar refractivity (Wildman–Crippen MR) is 104 cm³/mol. The summed E-state index contributed by atoms with van der Waals surface area (Å²) in [6, 6.07) is 13.0. The van der Waals surface area contributed by atoms with E-state index in [1.165, 1.54) is 11.6 Å². The van der Waals surface area contributed by atoms with Crippen molar-refractivity contribution in [1.29, 1.82) is 0 Å². The second kappa shape index (κ2) is 8.11. The summed E-state index contributed by atoms with van der Waals surface area (Å²) in [4.78, 5) is 26.7. The van der Waals surface area contributed by atoms with Gasteiger partial charge in [0.1, 0.15) is 0 Å². The maximum atomic E-state index is 12.6. The molecule has 2 aromatic carbocycles. The lowest BCUT2D eigenvalue weighted by molar-refractivity contribution is -0.131. The Labute approximate surface area is 163 Å². The Morgan fingerprint density at radius 3 is 2.58 bits per heavy atom. The van der Waals surface area contributed by atoms with Gasteiger partial charge in [0.25, 0.3) is 5.91 Å². The van der Waals surface area contributed by atoms with Gasteiger partial charge in [-0.3, -0.25) is 9.59 Å². The number of nitrogens with zero attached hydrogens (tertiary/aromatic N) is 1. The van der Waals surface area contributed by atoms with Crippen molar-refractivity contribution < 1.29 is 9.59 Å². The number of nitrogens with one attached hydrogen (secondary N) is 1. The van der Waals surface area contributed by atoms with Crippen LogP contribution in [0.15, 0.2) is 42.5 Å². The van der Waals surface area contributed by atoms with Gasteiger partial charge in [0.05, 0.1) is 23.2 Å². The van der Waals surface area contributed by atoms with Crippen molar-refractivity contribution in [2.75, 3.05) is 13.1 Å². The van der Waals surface area contributed by atoms with E-state index in [1.54, 1.807) is 12.1 Å². The summed E-state index contributed by atoms with van der Waals surface area (Å²) in [5.41, 5.74) is 2.63. The van der Waals surface area contributed by atoms with Gasteiger partial charge in [-0.2, -0.15) is 0 Å². The van der Waals surface area contributed by atoms with Crippen LogP contribution in [0.25, 0.3) is 0 Å². The molecule has 1 fully saturated rings. The second-order valence-electron chi connectivity index (χ2n) is 6.46. The molecule has 0 aromatic heterocycles. The number of carbonyl (C=O) groups is 2. The van der Waals surface area contributed by atoms with Gasteiger partial charge in [-0.1, -0.05) is 53.0 Å². The highest BCUT2D eigenvalue weighted by Crippen LogP contribution is 2.32. The van der Waals surface area contributed by atoms with E-state index in [-0.39, 0.29) is 29.4 Å². The van der Waals surface area contributed by atoms with Crippen LogP contribution in [-0.4, -0.2) is 29.8 Å². The highest BCUT2D eigenvalue weighted by atomic mass is 35.5. The number of halogens is 2. The molecule has 2 aromatic rings. The average Bonchev–Trinajstić information content (AvgIpc) is 3.10. The third-order valence-electron chi connectivity index (χ3n) is 4.61. The number of hydrogen-bond acceptors (Lipinski definition) is 2. The molecular weight excluding hydrogens is 371 g/mol. The Morgan fingerprint density at radius 2 is 1.88 bits per heavy atom. The molecule has 1 N–H and O–H groups in total. The van der Waals surface area contributed by atoms with E-state index >= 15 is 0 Å². The Hall–Kier alpha value is -2.04. The summed E-state index contributed by atoms with van der Waals surface area (Å²) in [6.45, 7) is 2.69. The Bertz CT molecular complexity index is 821. The van der Waals surface area contributed by atoms with Crippen molar-refractivity contribution in [3.8, 4) is 0 Å². The number of aryl methyl sites for hydroxylation is 1. The van der Waals surface area contributed by atoms with Crippen LogP contribution in [0.3, 0.4) is 0 Å². The molecule has 6 heteroatoms. The molecule has 2 amide bonds. The number of rotatable bonds is 4. The molecule has 1 atom stereocenters. The average molecular weight is 391 g/mol. The topological polar surface area (TPSA) is 49.4 Å². The molecule has 0 spiro atoms. The fraction of sp³-hybridized carbons (Fsp3) is 0.300. The third-order valence-corrected chi connectivity index (χ3v) is 5.16. The molecule has 1 aliphatic heterocycles. The van der Waals surface area contributed by atoms with Crippen LogP contribution in [0, 0.1) is 6.92 Å². The van der Waals surface area contributed by atoms with Gasteiger partial charge in [0, 0.05) is 11.6 Å². The first-order valence-electron chi connectivity index (χ1n) is 8.55. The Kier molecular flexibility index (Phi) is 5.84. The van der Waals surface area contributed by atoms with Gasteiger partial charge >= 0.3 is 0 Å². The third kappa shape index (κ3) is 4.19. The van der Waals surface area contributed by atoms with E-state index in [1.807, 2.05) is 11.8 Å². The first kappa shape index (κ1) is 18.7. The Morgan fingerprint density at radius 1 is 1.15 bits per heavy atom. The van der Waals surface area contributed by atoms with E-state index in [0.29, 0.717) is 17.1 Å². The van der Waals surface area contributed by atoms with Crippen molar-refractivity contribution in [1.82, 2.24) is 10.2 Å². The quantitative estimate of drug-likeness (QED) is 0.840. The molecule has 26 heavy (non-hydrogen) atoms. The lowest BCUT2D eigenvalue weighted by atomic mass is 10.0. The molecule has 4 nitrogen and oxygen atoms in total. The molecule has 1 unspecified atom stereocenters. The number of benzene rings is 2. The lowest BCUT2D eigenvalue weighted by Gasteiger charge is -2.25. The minimum Gasteiger partial charge on any atom is -0.343 e. The zero-order valence-electron chi connectivity index (χ0n) is 14.5. The van der Waals surface area contributed by atoms with Crippen LogP contribution >= 0.6 is 23.2 Å². The molecule has 3 rings (SSSR count). The predicted octanol–water partition coefficient (Wildman–Crippen LogP) is 4.40. The Balaban J connectivity index is 1.63. The smallest absolute Gasteiger partial charge is 0.253 e. The van der Waals surface area contributed by atoms with Crippen LogP contribution < -0.4 is 5.32 Å². The standard InChI is InChI=1S/C20H20Cl2N2O2/c1-13-4-6-14(7-5-13)18-3-2-10-24(18)19(25)12-23-20(26)16-9-8-15(21)11-17(16)22/h4-9,11,18H,2-3,10,12H2,1H3,(H,23,26). The SMILES string of the molecule is Cc1ccc(C2CCCN2C(=O)CNC(=O)c2ccc(Cl)cc2Cl)cc1. The number of amides is 2. The van der Waals surface area contributed by atoms with Gasteiger partial charge in [0.15, 0.2) is 0 Å². The zero-order chi connectivity index (χ0) is 18.7. The maximum Gasteiger partial charge on any atom is 0.253 e. The number of likely N-dealkylation sites (tertiary alicyclic amines) is 1. The van der Waals surface area contributed by atoms with Crippen molar-refractivity contribution in [2.24, 2.45) is 0 Å². The summed E-state index contributed by atoms with van der Waals surface area (Å²) < 4.78 is 0. The van der Waals surface area contributed by atoms with Crippen molar-refractivity contribution in [2.45, 2.75) is 25.8 Å². The maximum absolute atomic E-state index is 12.6. The van der Waals surface area contributed by atoms with Crippen LogP contribution in [0.1, 0.15) is 40.4 Å². The molecule has 1 saturated heterocycles. The monoisotopic (exact) mass is 390 g/mol. The fourth-order valence-corrected chi connectivity index (χ4v) is 3.72. The summed E-state index contributed by atoms with van der Waals surface area (Å²) in [5.74, 6) is -0.474. The van der Waals surface area contributed by atoms with Gasteiger partial charge < -0.3 is 10.2 Å². The van der Waals surface area contributed by atoms with E-state index in [0.717, 1.165) is 18.4 Å². The van der Waals surface area contributed by atoms with Crippen LogP contribution in [0.5, 0.6) is 0 Å². The largest absolute Gasteiger partial charge is 0.343 e. The van der Waals surface area contributed by atoms with Gasteiger partial charge in [-0.05, 0) is 43.5 Å². The van der Waals surface area contributed by atoms with E-state index < -0.39 is 0 Å². The number of hydrogen-bond donors (Lipinski definition) is 1. The van der Waals surface area contributed by atoms with Gasteiger partial charge in [0.2, 0.25) is 5.91 Å². The van der Waals surface area contributed by atoms with E-state index in [4.69, 9.17) is 23.2 Å². The highest BCUT2D eigenvalue weighted by Gasteiger charge is 2.29. The first-order chi connectivity index (χ1) is 12.5. The minimum absolute atomic E-state index is 0.0554. The molecule has 1 aliphatic rings. The zero-order valence-corrected chi connectivity index (χ0v) is 16.0. The lowest BCUT2D eigenvalue weighted by Crippen LogP contribution is -2.39. The van der Waals surface area contributed by atoms with Crippen molar-refractivity contribution in [3.63, 3.8) is 0 Å². The van der Waals surface area contributed by atoms with Crippen molar-refractivity contribution in [3.05, 3.63) is 69.2 Å². The highest BCUT2D eigenvalue weighted by molar-refractivity contribution is 6.36. The first-order valence-corrected chi connectivity index (χ1v) is 9.30.